The molecular weight excluding hydrogens is 262 g/mol. The maximum absolute atomic E-state index is 12.1. The lowest BCUT2D eigenvalue weighted by atomic mass is 10.1. The van der Waals surface area contributed by atoms with Crippen LogP contribution in [0.15, 0.2) is 60.2 Å². The maximum Gasteiger partial charge on any atom is 0.251 e. The second-order valence-corrected chi connectivity index (χ2v) is 4.83. The molecule has 1 amide bonds. The Bertz CT molecular complexity index is 687. The molecule has 2 rings (SSSR count). The first-order valence-electron chi connectivity index (χ1n) is 6.72. The van der Waals surface area contributed by atoms with E-state index in [4.69, 9.17) is 0 Å². The minimum Gasteiger partial charge on any atom is -0.322 e. The van der Waals surface area contributed by atoms with Gasteiger partial charge in [-0.15, -0.1) is 0 Å². The van der Waals surface area contributed by atoms with Gasteiger partial charge < -0.3 is 5.32 Å². The predicted octanol–water partition coefficient (Wildman–Crippen LogP) is 3.93. The summed E-state index contributed by atoms with van der Waals surface area (Å²) in [4.78, 5) is 23.5. The fourth-order valence-electron chi connectivity index (χ4n) is 1.91. The fraction of sp³-hybridized carbons (Fsp3) is 0.111. The van der Waals surface area contributed by atoms with E-state index in [9.17, 15) is 9.59 Å². The van der Waals surface area contributed by atoms with Crippen molar-refractivity contribution < 1.29 is 9.59 Å². The summed E-state index contributed by atoms with van der Waals surface area (Å²) in [5.41, 5.74) is 2.78. The van der Waals surface area contributed by atoms with Gasteiger partial charge in [-0.05, 0) is 37.6 Å². The smallest absolute Gasteiger partial charge is 0.251 e. The number of carbonyl (C=O) groups excluding carboxylic acids is 2. The lowest BCUT2D eigenvalue weighted by molar-refractivity contribution is -0.112. The number of hydrogen-bond acceptors (Lipinski definition) is 2. The molecule has 0 heterocycles. The van der Waals surface area contributed by atoms with Gasteiger partial charge in [-0.3, -0.25) is 9.59 Å². The van der Waals surface area contributed by atoms with E-state index < -0.39 is 0 Å². The molecule has 0 aliphatic rings. The zero-order chi connectivity index (χ0) is 15.2. The molecule has 2 aromatic rings. The van der Waals surface area contributed by atoms with E-state index in [1.54, 1.807) is 31.2 Å². The van der Waals surface area contributed by atoms with Crippen LogP contribution in [0.25, 0.3) is 6.08 Å². The number of ketones is 1. The number of anilines is 1. The second-order valence-electron chi connectivity index (χ2n) is 4.83. The normalized spacial score (nSPS) is 11.0. The summed E-state index contributed by atoms with van der Waals surface area (Å²) >= 11 is 0. The van der Waals surface area contributed by atoms with Crippen LogP contribution in [0, 0.1) is 0 Å². The van der Waals surface area contributed by atoms with Crippen LogP contribution in [0.2, 0.25) is 0 Å². The predicted molar refractivity (Wildman–Crippen MR) is 85.2 cm³/mol. The van der Waals surface area contributed by atoms with Gasteiger partial charge in [-0.25, -0.2) is 0 Å². The molecule has 0 radical (unpaired) electrons. The highest BCUT2D eigenvalue weighted by Gasteiger charge is 2.06. The molecule has 0 saturated carbocycles. The van der Waals surface area contributed by atoms with E-state index >= 15 is 0 Å². The molecule has 1 N–H and O–H groups in total. The summed E-state index contributed by atoms with van der Waals surface area (Å²) in [7, 11) is 0. The summed E-state index contributed by atoms with van der Waals surface area (Å²) in [5, 5.41) is 2.80. The van der Waals surface area contributed by atoms with E-state index in [0.29, 0.717) is 16.8 Å². The molecule has 3 nitrogen and oxygen atoms in total. The van der Waals surface area contributed by atoms with Crippen molar-refractivity contribution in [1.29, 1.82) is 0 Å². The molecule has 106 valence electrons. The zero-order valence-electron chi connectivity index (χ0n) is 12.1. The van der Waals surface area contributed by atoms with Gasteiger partial charge in [0.2, 0.25) is 0 Å². The van der Waals surface area contributed by atoms with Crippen LogP contribution in [0.3, 0.4) is 0 Å². The third-order valence-electron chi connectivity index (χ3n) is 3.07. The Morgan fingerprint density at radius 2 is 1.67 bits per heavy atom. The molecule has 0 aliphatic carbocycles. The SMILES string of the molecule is CC(=O)c1cccc(NC(=O)/C(C)=C/c2ccccc2)c1. The molecule has 0 spiro atoms. The van der Waals surface area contributed by atoms with Gasteiger partial charge in [0, 0.05) is 16.8 Å². The van der Waals surface area contributed by atoms with E-state index in [0.717, 1.165) is 5.56 Å². The molecule has 0 unspecified atom stereocenters. The quantitative estimate of drug-likeness (QED) is 0.681. The monoisotopic (exact) mass is 279 g/mol. The van der Waals surface area contributed by atoms with Crippen LogP contribution >= 0.6 is 0 Å². The highest BCUT2D eigenvalue weighted by atomic mass is 16.1. The highest BCUT2D eigenvalue weighted by molar-refractivity contribution is 6.06. The highest BCUT2D eigenvalue weighted by Crippen LogP contribution is 2.13. The van der Waals surface area contributed by atoms with Crippen molar-refractivity contribution in [2.75, 3.05) is 5.32 Å². The van der Waals surface area contributed by atoms with Crippen LogP contribution in [0.5, 0.6) is 0 Å². The van der Waals surface area contributed by atoms with E-state index in [2.05, 4.69) is 5.32 Å². The van der Waals surface area contributed by atoms with Crippen molar-refractivity contribution in [1.82, 2.24) is 0 Å². The van der Waals surface area contributed by atoms with Crippen molar-refractivity contribution in [2.24, 2.45) is 0 Å². The van der Waals surface area contributed by atoms with Crippen molar-refractivity contribution >= 4 is 23.5 Å². The van der Waals surface area contributed by atoms with Crippen molar-refractivity contribution in [2.45, 2.75) is 13.8 Å². The van der Waals surface area contributed by atoms with Gasteiger partial charge >= 0.3 is 0 Å². The number of carbonyl (C=O) groups is 2. The molecule has 3 heteroatoms. The number of benzene rings is 2. The van der Waals surface area contributed by atoms with Gasteiger partial charge in [0.1, 0.15) is 0 Å². The Hall–Kier alpha value is -2.68. The number of hydrogen-bond donors (Lipinski definition) is 1. The number of amides is 1. The first-order valence-corrected chi connectivity index (χ1v) is 6.72. The van der Waals surface area contributed by atoms with E-state index in [-0.39, 0.29) is 11.7 Å². The van der Waals surface area contributed by atoms with Crippen molar-refractivity contribution in [3.05, 3.63) is 71.3 Å². The Kier molecular flexibility index (Phi) is 4.67. The minimum absolute atomic E-state index is 0.0253. The van der Waals surface area contributed by atoms with Crippen molar-refractivity contribution in [3.63, 3.8) is 0 Å². The van der Waals surface area contributed by atoms with Gasteiger partial charge in [0.05, 0.1) is 0 Å². The Morgan fingerprint density at radius 1 is 0.952 bits per heavy atom. The standard InChI is InChI=1S/C18H17NO2/c1-13(11-15-7-4-3-5-8-15)18(21)19-17-10-6-9-16(12-17)14(2)20/h3-12H,1-2H3,(H,19,21)/b13-11+. The van der Waals surface area contributed by atoms with Crippen LogP contribution in [-0.2, 0) is 4.79 Å². The van der Waals surface area contributed by atoms with Crippen LogP contribution in [-0.4, -0.2) is 11.7 Å². The van der Waals surface area contributed by atoms with Crippen molar-refractivity contribution in [3.8, 4) is 0 Å². The summed E-state index contributed by atoms with van der Waals surface area (Å²) in [5.74, 6) is -0.206. The van der Waals surface area contributed by atoms with E-state index in [1.807, 2.05) is 36.4 Å². The summed E-state index contributed by atoms with van der Waals surface area (Å²) < 4.78 is 0. The summed E-state index contributed by atoms with van der Waals surface area (Å²) in [6.07, 6.45) is 1.82. The Morgan fingerprint density at radius 3 is 2.33 bits per heavy atom. The Balaban J connectivity index is 2.12. The molecule has 0 fully saturated rings. The minimum atomic E-state index is -0.181. The lowest BCUT2D eigenvalue weighted by Crippen LogP contribution is -2.12. The largest absolute Gasteiger partial charge is 0.322 e. The molecule has 0 atom stereocenters. The molecule has 21 heavy (non-hydrogen) atoms. The molecule has 0 aromatic heterocycles. The summed E-state index contributed by atoms with van der Waals surface area (Å²) in [6, 6.07) is 16.6. The fourth-order valence-corrected chi connectivity index (χ4v) is 1.91. The number of nitrogens with one attached hydrogen (secondary N) is 1. The van der Waals surface area contributed by atoms with Gasteiger partial charge in [-0.1, -0.05) is 42.5 Å². The average molecular weight is 279 g/mol. The molecule has 0 aliphatic heterocycles. The maximum atomic E-state index is 12.1. The third kappa shape index (κ3) is 4.14. The first kappa shape index (κ1) is 14.7. The third-order valence-corrected chi connectivity index (χ3v) is 3.07. The molecule has 0 saturated heterocycles. The summed E-state index contributed by atoms with van der Waals surface area (Å²) in [6.45, 7) is 3.26. The van der Waals surface area contributed by atoms with E-state index in [1.165, 1.54) is 6.92 Å². The van der Waals surface area contributed by atoms with Gasteiger partial charge in [-0.2, -0.15) is 0 Å². The Labute approximate surface area is 124 Å². The lowest BCUT2D eigenvalue weighted by Gasteiger charge is -2.06. The molecule has 2 aromatic carbocycles. The van der Waals surface area contributed by atoms with Gasteiger partial charge in [0.25, 0.3) is 5.91 Å². The zero-order valence-corrected chi connectivity index (χ0v) is 12.1. The number of rotatable bonds is 4. The van der Waals surface area contributed by atoms with Crippen LogP contribution in [0.1, 0.15) is 29.8 Å². The molecular formula is C18H17NO2. The van der Waals surface area contributed by atoms with Gasteiger partial charge in [0.15, 0.2) is 5.78 Å². The van der Waals surface area contributed by atoms with Crippen LogP contribution in [0.4, 0.5) is 5.69 Å². The number of Topliss-reactive ketones (excluding diaryl/α,β-unsaturated/α-hetero) is 1. The average Bonchev–Trinajstić information content (AvgIpc) is 2.48. The van der Waals surface area contributed by atoms with Crippen LogP contribution < -0.4 is 5.32 Å². The first-order chi connectivity index (χ1) is 10.1. The molecule has 0 bridgehead atoms. The topological polar surface area (TPSA) is 46.2 Å². The second kappa shape index (κ2) is 6.66.